The largest absolute Gasteiger partial charge is 0.394 e. The fourth-order valence-corrected chi connectivity index (χ4v) is 0.984. The Hall–Kier alpha value is -0.200. The van der Waals surface area contributed by atoms with Crippen LogP contribution >= 0.6 is 0 Å². The van der Waals surface area contributed by atoms with Crippen molar-refractivity contribution in [3.63, 3.8) is 0 Å². The summed E-state index contributed by atoms with van der Waals surface area (Å²) in [5.74, 6) is -0.749. The minimum atomic E-state index is -0.812. The van der Waals surface area contributed by atoms with Gasteiger partial charge in [-0.3, -0.25) is 0 Å². The van der Waals surface area contributed by atoms with E-state index >= 15 is 0 Å². The highest BCUT2D eigenvalue weighted by Gasteiger charge is 2.28. The smallest absolute Gasteiger partial charge is 0.165 e. The monoisotopic (exact) mass is 192 g/mol. The third-order valence-corrected chi connectivity index (χ3v) is 1.90. The molecule has 0 spiro atoms. The molecule has 78 valence electrons. The zero-order chi connectivity index (χ0) is 9.90. The number of ether oxygens (including phenoxy) is 3. The first-order valence-corrected chi connectivity index (χ1v) is 4.23. The van der Waals surface area contributed by atoms with E-state index in [9.17, 15) is 5.11 Å². The van der Waals surface area contributed by atoms with Crippen molar-refractivity contribution in [2.45, 2.75) is 31.8 Å². The van der Waals surface area contributed by atoms with E-state index in [1.165, 1.54) is 0 Å². The molecular weight excluding hydrogens is 176 g/mol. The SMILES string of the molecule is CC1(C)OCO[C@H](CO)[C@@H](O)CO1. The lowest BCUT2D eigenvalue weighted by atomic mass is 10.2. The lowest BCUT2D eigenvalue weighted by Gasteiger charge is -2.32. The second-order valence-corrected chi connectivity index (χ2v) is 3.43. The fourth-order valence-electron chi connectivity index (χ4n) is 0.984. The lowest BCUT2D eigenvalue weighted by Crippen LogP contribution is -2.44. The van der Waals surface area contributed by atoms with E-state index in [0.29, 0.717) is 0 Å². The quantitative estimate of drug-likeness (QED) is 0.584. The van der Waals surface area contributed by atoms with Gasteiger partial charge in [-0.05, 0) is 13.8 Å². The summed E-state index contributed by atoms with van der Waals surface area (Å²) >= 11 is 0. The standard InChI is InChI=1S/C8H16O5/c1-8(2)12-4-6(10)7(3-9)11-5-13-8/h6-7,9-10H,3-5H2,1-2H3/t6-,7+/m0/s1. The molecule has 0 aromatic carbocycles. The van der Waals surface area contributed by atoms with E-state index in [2.05, 4.69) is 0 Å². The van der Waals surface area contributed by atoms with Gasteiger partial charge in [0.05, 0.1) is 13.2 Å². The third kappa shape index (κ3) is 3.21. The summed E-state index contributed by atoms with van der Waals surface area (Å²) in [5, 5.41) is 18.3. The Bertz CT molecular complexity index is 159. The van der Waals surface area contributed by atoms with Crippen LogP contribution in [-0.2, 0) is 14.2 Å². The summed E-state index contributed by atoms with van der Waals surface area (Å²) in [6.07, 6.45) is -1.44. The van der Waals surface area contributed by atoms with Crippen molar-refractivity contribution in [3.05, 3.63) is 0 Å². The van der Waals surface area contributed by atoms with Crippen LogP contribution in [0.2, 0.25) is 0 Å². The highest BCUT2D eigenvalue weighted by Crippen LogP contribution is 2.16. The normalized spacial score (nSPS) is 35.1. The van der Waals surface area contributed by atoms with Crippen LogP contribution in [-0.4, -0.2) is 48.2 Å². The molecule has 2 atom stereocenters. The minimum Gasteiger partial charge on any atom is -0.394 e. The Labute approximate surface area is 77.2 Å². The first-order valence-electron chi connectivity index (χ1n) is 4.23. The molecular formula is C8H16O5. The number of rotatable bonds is 1. The third-order valence-electron chi connectivity index (χ3n) is 1.90. The maximum absolute atomic E-state index is 9.44. The molecule has 0 amide bonds. The van der Waals surface area contributed by atoms with Gasteiger partial charge in [0.25, 0.3) is 0 Å². The van der Waals surface area contributed by atoms with Crippen molar-refractivity contribution in [3.8, 4) is 0 Å². The summed E-state index contributed by atoms with van der Waals surface area (Å²) in [6.45, 7) is 3.34. The van der Waals surface area contributed by atoms with E-state index in [1.807, 2.05) is 0 Å². The van der Waals surface area contributed by atoms with Gasteiger partial charge < -0.3 is 24.4 Å². The fraction of sp³-hybridized carbons (Fsp3) is 1.00. The van der Waals surface area contributed by atoms with Gasteiger partial charge in [0.15, 0.2) is 12.6 Å². The molecule has 1 saturated heterocycles. The Morgan fingerprint density at radius 2 is 2.08 bits per heavy atom. The Balaban J connectivity index is 2.48. The van der Waals surface area contributed by atoms with E-state index in [0.717, 1.165) is 0 Å². The predicted molar refractivity (Wildman–Crippen MR) is 43.9 cm³/mol. The van der Waals surface area contributed by atoms with Gasteiger partial charge in [-0.25, -0.2) is 0 Å². The molecule has 2 N–H and O–H groups in total. The molecule has 1 rings (SSSR count). The molecule has 5 heteroatoms. The van der Waals surface area contributed by atoms with Gasteiger partial charge in [-0.2, -0.15) is 0 Å². The predicted octanol–water partition coefficient (Wildman–Crippen LogP) is -0.535. The van der Waals surface area contributed by atoms with Crippen LogP contribution < -0.4 is 0 Å². The van der Waals surface area contributed by atoms with Crippen LogP contribution in [0.1, 0.15) is 13.8 Å². The van der Waals surface area contributed by atoms with Crippen LogP contribution in [0.3, 0.4) is 0 Å². The van der Waals surface area contributed by atoms with Crippen LogP contribution in [0, 0.1) is 0 Å². The Morgan fingerprint density at radius 1 is 1.38 bits per heavy atom. The second-order valence-electron chi connectivity index (χ2n) is 3.43. The molecule has 1 heterocycles. The lowest BCUT2D eigenvalue weighted by molar-refractivity contribution is -0.299. The van der Waals surface area contributed by atoms with Crippen molar-refractivity contribution in [2.24, 2.45) is 0 Å². The number of hydrogen-bond acceptors (Lipinski definition) is 5. The zero-order valence-electron chi connectivity index (χ0n) is 7.90. The molecule has 0 saturated carbocycles. The molecule has 0 radical (unpaired) electrons. The van der Waals surface area contributed by atoms with Crippen LogP contribution in [0.25, 0.3) is 0 Å². The topological polar surface area (TPSA) is 68.2 Å². The van der Waals surface area contributed by atoms with Crippen LogP contribution in [0.4, 0.5) is 0 Å². The van der Waals surface area contributed by atoms with Crippen LogP contribution in [0.15, 0.2) is 0 Å². The maximum atomic E-state index is 9.44. The van der Waals surface area contributed by atoms with Crippen molar-refractivity contribution in [1.29, 1.82) is 0 Å². The molecule has 0 aromatic heterocycles. The highest BCUT2D eigenvalue weighted by atomic mass is 16.8. The summed E-state index contributed by atoms with van der Waals surface area (Å²) in [7, 11) is 0. The van der Waals surface area contributed by atoms with Crippen molar-refractivity contribution in [1.82, 2.24) is 0 Å². The summed E-state index contributed by atoms with van der Waals surface area (Å²) < 4.78 is 15.5. The Morgan fingerprint density at radius 3 is 2.69 bits per heavy atom. The maximum Gasteiger partial charge on any atom is 0.165 e. The van der Waals surface area contributed by atoms with Gasteiger partial charge in [-0.1, -0.05) is 0 Å². The van der Waals surface area contributed by atoms with E-state index in [1.54, 1.807) is 13.8 Å². The molecule has 1 aliphatic rings. The number of aliphatic hydroxyl groups excluding tert-OH is 2. The van der Waals surface area contributed by atoms with Crippen molar-refractivity contribution >= 4 is 0 Å². The van der Waals surface area contributed by atoms with Gasteiger partial charge in [0.2, 0.25) is 0 Å². The molecule has 1 aliphatic heterocycles. The number of aliphatic hydroxyl groups is 2. The second kappa shape index (κ2) is 4.34. The molecule has 13 heavy (non-hydrogen) atoms. The molecule has 0 aliphatic carbocycles. The molecule has 5 nitrogen and oxygen atoms in total. The average Bonchev–Trinajstić information content (AvgIpc) is 2.07. The van der Waals surface area contributed by atoms with E-state index < -0.39 is 18.0 Å². The van der Waals surface area contributed by atoms with Gasteiger partial charge in [0, 0.05) is 0 Å². The average molecular weight is 192 g/mol. The van der Waals surface area contributed by atoms with Gasteiger partial charge in [0.1, 0.15) is 12.2 Å². The van der Waals surface area contributed by atoms with Gasteiger partial charge in [-0.15, -0.1) is 0 Å². The van der Waals surface area contributed by atoms with Crippen LogP contribution in [0.5, 0.6) is 0 Å². The van der Waals surface area contributed by atoms with E-state index in [4.69, 9.17) is 19.3 Å². The molecule has 0 aromatic rings. The van der Waals surface area contributed by atoms with Crippen molar-refractivity contribution in [2.75, 3.05) is 20.0 Å². The Kier molecular flexibility index (Phi) is 3.63. The summed E-state index contributed by atoms with van der Waals surface area (Å²) in [5.41, 5.74) is 0. The molecule has 1 fully saturated rings. The highest BCUT2D eigenvalue weighted by molar-refractivity contribution is 4.70. The first-order chi connectivity index (χ1) is 6.05. The molecule has 0 bridgehead atoms. The molecule has 0 unspecified atom stereocenters. The summed E-state index contributed by atoms with van der Waals surface area (Å²) in [4.78, 5) is 0. The van der Waals surface area contributed by atoms with E-state index in [-0.39, 0.29) is 20.0 Å². The first kappa shape index (κ1) is 10.9. The number of hydrogen-bond donors (Lipinski definition) is 2. The summed E-state index contributed by atoms with van der Waals surface area (Å²) in [6, 6.07) is 0. The zero-order valence-corrected chi connectivity index (χ0v) is 7.90. The van der Waals surface area contributed by atoms with Gasteiger partial charge >= 0.3 is 0 Å². The minimum absolute atomic E-state index is 0.00921. The van der Waals surface area contributed by atoms with Crippen molar-refractivity contribution < 1.29 is 24.4 Å².